The van der Waals surface area contributed by atoms with Crippen LogP contribution in [-0.2, 0) is 4.74 Å². The third-order valence-electron chi connectivity index (χ3n) is 2.44. The standard InChI is InChI=1S/C14H16N4O2S/c1-19-10-9-15-14(21)16-12-7-8-13(18-17-12)20-11-5-3-2-4-6-11/h2-8H,9-10H2,1H3,(H2,15,16,17,21). The van der Waals surface area contributed by atoms with Crippen LogP contribution in [0.5, 0.6) is 11.6 Å². The maximum atomic E-state index is 5.55. The molecule has 0 aliphatic rings. The van der Waals surface area contributed by atoms with Crippen LogP contribution in [0.2, 0.25) is 0 Å². The summed E-state index contributed by atoms with van der Waals surface area (Å²) in [4.78, 5) is 0. The molecule has 21 heavy (non-hydrogen) atoms. The number of anilines is 1. The van der Waals surface area contributed by atoms with E-state index in [1.165, 1.54) is 0 Å². The van der Waals surface area contributed by atoms with Gasteiger partial charge in [0.25, 0.3) is 0 Å². The van der Waals surface area contributed by atoms with Gasteiger partial charge in [0, 0.05) is 19.7 Å². The first-order chi connectivity index (χ1) is 10.3. The summed E-state index contributed by atoms with van der Waals surface area (Å²) < 4.78 is 10.5. The summed E-state index contributed by atoms with van der Waals surface area (Å²) in [5, 5.41) is 14.4. The maximum Gasteiger partial charge on any atom is 0.238 e. The molecule has 2 aromatic rings. The number of aromatic nitrogens is 2. The maximum absolute atomic E-state index is 5.55. The molecular weight excluding hydrogens is 288 g/mol. The van der Waals surface area contributed by atoms with Gasteiger partial charge in [0.05, 0.1) is 6.61 Å². The molecule has 2 N–H and O–H groups in total. The van der Waals surface area contributed by atoms with E-state index in [2.05, 4.69) is 20.8 Å². The second-order valence-electron chi connectivity index (χ2n) is 4.05. The number of thiocarbonyl (C=S) groups is 1. The quantitative estimate of drug-likeness (QED) is 0.626. The fourth-order valence-electron chi connectivity index (χ4n) is 1.48. The average molecular weight is 304 g/mol. The average Bonchev–Trinajstić information content (AvgIpc) is 2.51. The summed E-state index contributed by atoms with van der Waals surface area (Å²) >= 11 is 5.11. The highest BCUT2D eigenvalue weighted by Crippen LogP contribution is 2.18. The molecule has 7 heteroatoms. The molecule has 1 aromatic heterocycles. The number of hydrogen-bond donors (Lipinski definition) is 2. The molecule has 0 aliphatic heterocycles. The number of rotatable bonds is 6. The molecule has 1 aromatic carbocycles. The Morgan fingerprint density at radius 1 is 1.14 bits per heavy atom. The number of benzene rings is 1. The zero-order chi connectivity index (χ0) is 14.9. The highest BCUT2D eigenvalue weighted by molar-refractivity contribution is 7.80. The second-order valence-corrected chi connectivity index (χ2v) is 4.45. The minimum Gasteiger partial charge on any atom is -0.438 e. The molecule has 0 spiro atoms. The Balaban J connectivity index is 1.85. The Morgan fingerprint density at radius 2 is 1.95 bits per heavy atom. The summed E-state index contributed by atoms with van der Waals surface area (Å²) in [5.41, 5.74) is 0. The zero-order valence-corrected chi connectivity index (χ0v) is 12.4. The first-order valence-electron chi connectivity index (χ1n) is 6.38. The lowest BCUT2D eigenvalue weighted by atomic mass is 10.3. The number of hydrogen-bond acceptors (Lipinski definition) is 5. The number of methoxy groups -OCH3 is 1. The van der Waals surface area contributed by atoms with E-state index in [-0.39, 0.29) is 0 Å². The van der Waals surface area contributed by atoms with E-state index in [9.17, 15) is 0 Å². The molecule has 6 nitrogen and oxygen atoms in total. The first kappa shape index (κ1) is 15.1. The van der Waals surface area contributed by atoms with E-state index in [4.69, 9.17) is 21.7 Å². The van der Waals surface area contributed by atoms with E-state index in [1.54, 1.807) is 19.2 Å². The lowest BCUT2D eigenvalue weighted by Gasteiger charge is -2.09. The van der Waals surface area contributed by atoms with Crippen LogP contribution < -0.4 is 15.4 Å². The van der Waals surface area contributed by atoms with E-state index in [1.807, 2.05) is 30.3 Å². The number of nitrogens with one attached hydrogen (secondary N) is 2. The van der Waals surface area contributed by atoms with Gasteiger partial charge in [-0.3, -0.25) is 0 Å². The highest BCUT2D eigenvalue weighted by atomic mass is 32.1. The van der Waals surface area contributed by atoms with Gasteiger partial charge in [-0.05, 0) is 30.4 Å². The van der Waals surface area contributed by atoms with Crippen molar-refractivity contribution in [3.8, 4) is 11.6 Å². The molecule has 0 fully saturated rings. The van der Waals surface area contributed by atoms with Gasteiger partial charge in [0.2, 0.25) is 5.88 Å². The smallest absolute Gasteiger partial charge is 0.238 e. The van der Waals surface area contributed by atoms with Crippen LogP contribution in [-0.4, -0.2) is 35.6 Å². The second kappa shape index (κ2) is 8.13. The topological polar surface area (TPSA) is 68.3 Å². The number of nitrogens with zero attached hydrogens (tertiary/aromatic N) is 2. The van der Waals surface area contributed by atoms with Crippen molar-refractivity contribution in [3.05, 3.63) is 42.5 Å². The van der Waals surface area contributed by atoms with E-state index in [0.29, 0.717) is 35.7 Å². The largest absolute Gasteiger partial charge is 0.438 e. The van der Waals surface area contributed by atoms with Crippen LogP contribution in [0.4, 0.5) is 5.82 Å². The van der Waals surface area contributed by atoms with Crippen molar-refractivity contribution >= 4 is 23.1 Å². The van der Waals surface area contributed by atoms with Crippen molar-refractivity contribution in [2.75, 3.05) is 25.6 Å². The molecule has 0 saturated carbocycles. The normalized spacial score (nSPS) is 9.95. The van der Waals surface area contributed by atoms with Crippen LogP contribution in [0.3, 0.4) is 0 Å². The third kappa shape index (κ3) is 5.33. The van der Waals surface area contributed by atoms with Crippen LogP contribution in [0, 0.1) is 0 Å². The van der Waals surface area contributed by atoms with Gasteiger partial charge in [-0.1, -0.05) is 18.2 Å². The molecule has 0 atom stereocenters. The van der Waals surface area contributed by atoms with Crippen LogP contribution in [0.15, 0.2) is 42.5 Å². The lowest BCUT2D eigenvalue weighted by molar-refractivity contribution is 0.204. The van der Waals surface area contributed by atoms with Gasteiger partial charge >= 0.3 is 0 Å². The fraction of sp³-hybridized carbons (Fsp3) is 0.214. The summed E-state index contributed by atoms with van der Waals surface area (Å²) in [5.74, 6) is 1.68. The van der Waals surface area contributed by atoms with Crippen LogP contribution in [0.1, 0.15) is 0 Å². The summed E-state index contributed by atoms with van der Waals surface area (Å²) in [6.07, 6.45) is 0. The SMILES string of the molecule is COCCNC(=S)Nc1ccc(Oc2ccccc2)nn1. The molecule has 110 valence electrons. The molecule has 1 heterocycles. The minimum atomic E-state index is 0.421. The van der Waals surface area contributed by atoms with E-state index in [0.717, 1.165) is 0 Å². The van der Waals surface area contributed by atoms with E-state index < -0.39 is 0 Å². The molecule has 0 saturated heterocycles. The highest BCUT2D eigenvalue weighted by Gasteiger charge is 2.02. The predicted octanol–water partition coefficient (Wildman–Crippen LogP) is 2.20. The molecular formula is C14H16N4O2S. The first-order valence-corrected chi connectivity index (χ1v) is 6.79. The zero-order valence-electron chi connectivity index (χ0n) is 11.6. The van der Waals surface area contributed by atoms with Crippen molar-refractivity contribution in [1.82, 2.24) is 15.5 Å². The molecule has 0 amide bonds. The van der Waals surface area contributed by atoms with Crippen molar-refractivity contribution in [3.63, 3.8) is 0 Å². The molecule has 0 bridgehead atoms. The third-order valence-corrected chi connectivity index (χ3v) is 2.69. The van der Waals surface area contributed by atoms with Gasteiger partial charge in [-0.2, -0.15) is 0 Å². The molecule has 0 aliphatic carbocycles. The van der Waals surface area contributed by atoms with Crippen LogP contribution in [0.25, 0.3) is 0 Å². The van der Waals surface area contributed by atoms with Gasteiger partial charge < -0.3 is 20.1 Å². The summed E-state index contributed by atoms with van der Waals surface area (Å²) in [7, 11) is 1.63. The fourth-order valence-corrected chi connectivity index (χ4v) is 1.68. The Kier molecular flexibility index (Phi) is 5.86. The van der Waals surface area contributed by atoms with Gasteiger partial charge in [0.15, 0.2) is 10.9 Å². The summed E-state index contributed by atoms with van der Waals surface area (Å²) in [6, 6.07) is 12.9. The van der Waals surface area contributed by atoms with Gasteiger partial charge in [-0.25, -0.2) is 0 Å². The predicted molar refractivity (Wildman–Crippen MR) is 84.6 cm³/mol. The van der Waals surface area contributed by atoms with Gasteiger partial charge in [0.1, 0.15) is 5.75 Å². The summed E-state index contributed by atoms with van der Waals surface area (Å²) in [6.45, 7) is 1.21. The number of para-hydroxylation sites is 1. The van der Waals surface area contributed by atoms with Crippen molar-refractivity contribution < 1.29 is 9.47 Å². The molecule has 0 unspecified atom stereocenters. The van der Waals surface area contributed by atoms with Crippen molar-refractivity contribution in [2.24, 2.45) is 0 Å². The Bertz CT molecular complexity index is 563. The van der Waals surface area contributed by atoms with Crippen molar-refractivity contribution in [1.29, 1.82) is 0 Å². The Hall–Kier alpha value is -2.25. The molecule has 2 rings (SSSR count). The Morgan fingerprint density at radius 3 is 2.62 bits per heavy atom. The number of ether oxygens (including phenoxy) is 2. The van der Waals surface area contributed by atoms with E-state index >= 15 is 0 Å². The Labute approximate surface area is 128 Å². The van der Waals surface area contributed by atoms with Gasteiger partial charge in [-0.15, -0.1) is 10.2 Å². The molecule has 0 radical (unpaired) electrons. The monoisotopic (exact) mass is 304 g/mol. The lowest BCUT2D eigenvalue weighted by Crippen LogP contribution is -2.31. The van der Waals surface area contributed by atoms with Crippen molar-refractivity contribution in [2.45, 2.75) is 0 Å². The van der Waals surface area contributed by atoms with Crippen LogP contribution >= 0.6 is 12.2 Å². The minimum absolute atomic E-state index is 0.421.